The van der Waals surface area contributed by atoms with Crippen molar-refractivity contribution in [3.05, 3.63) is 35.9 Å². The highest BCUT2D eigenvalue weighted by atomic mass is 16.2. The molecule has 3 rings (SSSR count). The summed E-state index contributed by atoms with van der Waals surface area (Å²) in [4.78, 5) is 69.5. The van der Waals surface area contributed by atoms with E-state index in [4.69, 9.17) is 5.73 Å². The predicted molar refractivity (Wildman–Crippen MR) is 155 cm³/mol. The lowest BCUT2D eigenvalue weighted by atomic mass is 9.99. The van der Waals surface area contributed by atoms with E-state index in [0.29, 0.717) is 38.8 Å². The van der Waals surface area contributed by atoms with E-state index in [2.05, 4.69) is 21.3 Å². The van der Waals surface area contributed by atoms with Gasteiger partial charge in [-0.05, 0) is 56.0 Å². The van der Waals surface area contributed by atoms with E-state index in [9.17, 15) is 24.0 Å². The van der Waals surface area contributed by atoms with Gasteiger partial charge in [0.2, 0.25) is 29.5 Å². The summed E-state index contributed by atoms with van der Waals surface area (Å²) in [6.45, 7) is 8.18. The van der Waals surface area contributed by atoms with Crippen LogP contribution in [0, 0.1) is 11.8 Å². The third-order valence-electron chi connectivity index (χ3n) is 7.65. The number of fused-ring (bicyclic) bond motifs is 1. The third kappa shape index (κ3) is 8.76. The highest BCUT2D eigenvalue weighted by Gasteiger charge is 2.41. The van der Waals surface area contributed by atoms with Crippen molar-refractivity contribution in [2.75, 3.05) is 13.1 Å². The molecule has 2 saturated heterocycles. The van der Waals surface area contributed by atoms with Crippen LogP contribution in [0.5, 0.6) is 0 Å². The lowest BCUT2D eigenvalue weighted by molar-refractivity contribution is -0.142. The van der Waals surface area contributed by atoms with Crippen LogP contribution >= 0.6 is 0 Å². The lowest BCUT2D eigenvalue weighted by Gasteiger charge is -2.31. The maximum Gasteiger partial charge on any atom is 0.246 e. The first-order valence-electron chi connectivity index (χ1n) is 14.8. The van der Waals surface area contributed by atoms with Crippen LogP contribution in [0.4, 0.5) is 0 Å². The zero-order valence-electron chi connectivity index (χ0n) is 24.7. The largest absolute Gasteiger partial charge is 0.343 e. The number of amides is 5. The van der Waals surface area contributed by atoms with Gasteiger partial charge < -0.3 is 31.9 Å². The lowest BCUT2D eigenvalue weighted by Crippen LogP contribution is -2.58. The van der Waals surface area contributed by atoms with Crippen LogP contribution in [-0.2, 0) is 30.4 Å². The molecule has 41 heavy (non-hydrogen) atoms. The van der Waals surface area contributed by atoms with Crippen LogP contribution in [-0.4, -0.2) is 77.7 Å². The molecule has 11 heteroatoms. The molecule has 0 aromatic heterocycles. The molecule has 2 fully saturated rings. The number of rotatable bonds is 8. The number of hydrogen-bond donors (Lipinski definition) is 5. The number of carbonyl (C=O) groups excluding carboxylic acids is 5. The zero-order valence-corrected chi connectivity index (χ0v) is 24.7. The molecular formula is C30H46N6O5. The molecule has 0 radical (unpaired) electrons. The normalized spacial score (nSPS) is 26.6. The van der Waals surface area contributed by atoms with Gasteiger partial charge in [0.1, 0.15) is 30.2 Å². The minimum absolute atomic E-state index is 0.0589. The van der Waals surface area contributed by atoms with Crippen LogP contribution < -0.4 is 27.0 Å². The second kappa shape index (κ2) is 15.0. The van der Waals surface area contributed by atoms with Crippen LogP contribution in [0.25, 0.3) is 0 Å². The summed E-state index contributed by atoms with van der Waals surface area (Å²) in [6, 6.07) is 4.86. The molecule has 5 amide bonds. The first-order chi connectivity index (χ1) is 19.5. The number of nitrogens with two attached hydrogens (primary N) is 1. The minimum Gasteiger partial charge on any atom is -0.343 e. The molecule has 0 spiro atoms. The van der Waals surface area contributed by atoms with E-state index in [0.717, 1.165) is 5.56 Å². The predicted octanol–water partition coefficient (Wildman–Crippen LogP) is 0.614. The number of carbonyl (C=O) groups is 5. The first-order valence-corrected chi connectivity index (χ1v) is 14.8. The summed E-state index contributed by atoms with van der Waals surface area (Å²) in [6.07, 6.45) is 2.39. The van der Waals surface area contributed by atoms with Gasteiger partial charge in [0.25, 0.3) is 0 Å². The standard InChI is InChI=1S/C30H46N6O5/c1-18(2)16-22-27(38)34-23(17-20-10-6-5-7-11-20)30(41)36-15-9-13-24(36)28(39)35-25(19(3)4)29(40)32-21(12-8-14-31)26(37)33-22/h5-7,10-11,18-19,21-25H,8-9,12-17,31H2,1-4H3,(H,32,40)(H,33,37)(H,34,38)(H,35,39)/t21-,22-,23+,24-,25-/m0/s1. The summed E-state index contributed by atoms with van der Waals surface area (Å²) >= 11 is 0. The Balaban J connectivity index is 2.04. The molecule has 226 valence electrons. The SMILES string of the molecule is CC(C)C[C@@H]1NC(=O)[C@H](CCCN)NC(=O)[C@H](C(C)C)NC(=O)[C@@H]2CCCN2C(=O)[C@@H](Cc2ccccc2)NC1=O. The Labute approximate surface area is 242 Å². The Morgan fingerprint density at radius 2 is 1.46 bits per heavy atom. The Hall–Kier alpha value is -3.47. The minimum atomic E-state index is -0.943. The zero-order chi connectivity index (χ0) is 30.1. The van der Waals surface area contributed by atoms with Crippen LogP contribution in [0.15, 0.2) is 30.3 Å². The highest BCUT2D eigenvalue weighted by Crippen LogP contribution is 2.21. The summed E-state index contributed by atoms with van der Waals surface area (Å²) in [5.74, 6) is -2.50. The van der Waals surface area contributed by atoms with Gasteiger partial charge in [-0.3, -0.25) is 24.0 Å². The topological polar surface area (TPSA) is 163 Å². The fourth-order valence-corrected chi connectivity index (χ4v) is 5.44. The van der Waals surface area contributed by atoms with E-state index >= 15 is 0 Å². The molecule has 0 aliphatic carbocycles. The fraction of sp³-hybridized carbons (Fsp3) is 0.633. The Morgan fingerprint density at radius 3 is 2.10 bits per heavy atom. The van der Waals surface area contributed by atoms with Crippen molar-refractivity contribution in [1.82, 2.24) is 26.2 Å². The van der Waals surface area contributed by atoms with E-state index in [1.165, 1.54) is 4.90 Å². The third-order valence-corrected chi connectivity index (χ3v) is 7.65. The summed E-state index contributed by atoms with van der Waals surface area (Å²) in [7, 11) is 0. The van der Waals surface area contributed by atoms with Crippen molar-refractivity contribution in [2.45, 2.75) is 96.4 Å². The molecule has 1 aromatic carbocycles. The Morgan fingerprint density at radius 1 is 0.829 bits per heavy atom. The second-order valence-corrected chi connectivity index (χ2v) is 11.9. The average molecular weight is 571 g/mol. The van der Waals surface area contributed by atoms with Gasteiger partial charge in [0.05, 0.1) is 0 Å². The van der Waals surface area contributed by atoms with Gasteiger partial charge >= 0.3 is 0 Å². The van der Waals surface area contributed by atoms with Crippen molar-refractivity contribution in [3.63, 3.8) is 0 Å². The fourth-order valence-electron chi connectivity index (χ4n) is 5.44. The monoisotopic (exact) mass is 570 g/mol. The molecule has 2 aliphatic heterocycles. The van der Waals surface area contributed by atoms with Crippen molar-refractivity contribution < 1.29 is 24.0 Å². The molecular weight excluding hydrogens is 524 g/mol. The van der Waals surface area contributed by atoms with E-state index < -0.39 is 53.8 Å². The van der Waals surface area contributed by atoms with E-state index in [1.807, 2.05) is 58.0 Å². The summed E-state index contributed by atoms with van der Waals surface area (Å²) in [5, 5.41) is 11.4. The van der Waals surface area contributed by atoms with Crippen molar-refractivity contribution >= 4 is 29.5 Å². The number of benzene rings is 1. The van der Waals surface area contributed by atoms with E-state index in [-0.39, 0.29) is 30.6 Å². The molecule has 11 nitrogen and oxygen atoms in total. The quantitative estimate of drug-likeness (QED) is 0.308. The molecule has 1 aromatic rings. The highest BCUT2D eigenvalue weighted by molar-refractivity contribution is 5.98. The molecule has 2 heterocycles. The summed E-state index contributed by atoms with van der Waals surface area (Å²) in [5.41, 5.74) is 6.55. The van der Waals surface area contributed by atoms with Crippen molar-refractivity contribution in [1.29, 1.82) is 0 Å². The number of nitrogens with zero attached hydrogens (tertiary/aromatic N) is 1. The Bertz CT molecular complexity index is 1080. The molecule has 2 aliphatic rings. The van der Waals surface area contributed by atoms with Gasteiger partial charge in [-0.15, -0.1) is 0 Å². The van der Waals surface area contributed by atoms with E-state index in [1.54, 1.807) is 0 Å². The number of nitrogens with one attached hydrogen (secondary N) is 4. The molecule has 5 atom stereocenters. The molecule has 0 saturated carbocycles. The van der Waals surface area contributed by atoms with Crippen molar-refractivity contribution in [2.24, 2.45) is 17.6 Å². The van der Waals surface area contributed by atoms with Gasteiger partial charge in [-0.2, -0.15) is 0 Å². The smallest absolute Gasteiger partial charge is 0.246 e. The van der Waals surface area contributed by atoms with Gasteiger partial charge in [-0.1, -0.05) is 58.0 Å². The van der Waals surface area contributed by atoms with Crippen LogP contribution in [0.2, 0.25) is 0 Å². The maximum absolute atomic E-state index is 14.0. The Kier molecular flexibility index (Phi) is 11.7. The van der Waals surface area contributed by atoms with Crippen molar-refractivity contribution in [3.8, 4) is 0 Å². The second-order valence-electron chi connectivity index (χ2n) is 11.9. The van der Waals surface area contributed by atoms with Gasteiger partial charge in [0.15, 0.2) is 0 Å². The van der Waals surface area contributed by atoms with Gasteiger partial charge in [-0.25, -0.2) is 0 Å². The molecule has 6 N–H and O–H groups in total. The average Bonchev–Trinajstić information content (AvgIpc) is 3.42. The number of hydrogen-bond acceptors (Lipinski definition) is 6. The van der Waals surface area contributed by atoms with Gasteiger partial charge in [0, 0.05) is 13.0 Å². The maximum atomic E-state index is 14.0. The molecule has 0 unspecified atom stereocenters. The molecule has 0 bridgehead atoms. The first kappa shape index (κ1) is 32.0. The van der Waals surface area contributed by atoms with Crippen LogP contribution in [0.3, 0.4) is 0 Å². The van der Waals surface area contributed by atoms with Crippen LogP contribution in [0.1, 0.15) is 65.4 Å². The summed E-state index contributed by atoms with van der Waals surface area (Å²) < 4.78 is 0.